The number of carboxylic acid groups (broad SMARTS) is 1. The third kappa shape index (κ3) is 9.25. The van der Waals surface area contributed by atoms with Crippen LogP contribution in [-0.2, 0) is 30.9 Å². The fourth-order valence-electron chi connectivity index (χ4n) is 6.54. The van der Waals surface area contributed by atoms with Crippen molar-refractivity contribution in [2.24, 2.45) is 23.7 Å². The molecule has 2 aromatic rings. The first-order chi connectivity index (χ1) is 21.8. The number of nitrogens with zero attached hydrogens (tertiary/aromatic N) is 1. The predicted octanol–water partition coefficient (Wildman–Crippen LogP) is 5.53. The van der Waals surface area contributed by atoms with Crippen molar-refractivity contribution in [3.8, 4) is 5.75 Å². The van der Waals surface area contributed by atoms with Gasteiger partial charge in [0.2, 0.25) is 15.9 Å². The molecule has 2 aliphatic rings. The number of carboxylic acids is 1. The second kappa shape index (κ2) is 15.3. The van der Waals surface area contributed by atoms with Gasteiger partial charge in [0.25, 0.3) is 0 Å². The number of rotatable bonds is 13. The fraction of sp³-hybridized carbons (Fsp3) is 0.576. The van der Waals surface area contributed by atoms with Gasteiger partial charge >= 0.3 is 5.97 Å². The number of ether oxygens (including phenoxy) is 2. The highest BCUT2D eigenvalue weighted by Crippen LogP contribution is 2.38. The number of methoxy groups -OCH3 is 1. The number of nitrogens with one attached hydrogen (secondary N) is 3. The molecular formula is C33H47FN4O7S. The molecule has 1 aliphatic heterocycles. The van der Waals surface area contributed by atoms with Gasteiger partial charge < -0.3 is 30.1 Å². The van der Waals surface area contributed by atoms with Crippen LogP contribution in [0.15, 0.2) is 30.3 Å². The molecule has 11 nitrogen and oxygen atoms in total. The average molecular weight is 663 g/mol. The van der Waals surface area contributed by atoms with E-state index in [2.05, 4.69) is 36.1 Å². The summed E-state index contributed by atoms with van der Waals surface area (Å²) < 4.78 is 53.8. The molecule has 1 amide bonds. The van der Waals surface area contributed by atoms with E-state index in [-0.39, 0.29) is 36.4 Å². The molecule has 2 aromatic carbocycles. The number of sulfonamides is 1. The first-order valence-electron chi connectivity index (χ1n) is 15.9. The lowest BCUT2D eigenvalue weighted by Crippen LogP contribution is -2.37. The summed E-state index contributed by atoms with van der Waals surface area (Å²) in [5.74, 6) is -0.345. The van der Waals surface area contributed by atoms with Crippen molar-refractivity contribution in [3.05, 3.63) is 41.7 Å². The topological polar surface area (TPSA) is 146 Å². The summed E-state index contributed by atoms with van der Waals surface area (Å²) in [7, 11) is -2.19. The zero-order chi connectivity index (χ0) is 33.6. The maximum atomic E-state index is 15.4. The van der Waals surface area contributed by atoms with Gasteiger partial charge in [0.05, 0.1) is 42.4 Å². The molecule has 3 atom stereocenters. The maximum Gasteiger partial charge on any atom is 0.306 e. The second-order valence-electron chi connectivity index (χ2n) is 12.9. The summed E-state index contributed by atoms with van der Waals surface area (Å²) in [6, 6.07) is 7.68. The van der Waals surface area contributed by atoms with Crippen molar-refractivity contribution in [2.75, 3.05) is 53.3 Å². The van der Waals surface area contributed by atoms with Gasteiger partial charge in [-0.2, -0.15) is 0 Å². The Kier molecular flexibility index (Phi) is 11.8. The molecule has 1 aliphatic carbocycles. The number of benzene rings is 2. The Bertz CT molecular complexity index is 1500. The Morgan fingerprint density at radius 2 is 1.78 bits per heavy atom. The number of anilines is 4. The van der Waals surface area contributed by atoms with E-state index in [1.807, 2.05) is 4.90 Å². The van der Waals surface area contributed by atoms with Crippen molar-refractivity contribution in [1.82, 2.24) is 0 Å². The van der Waals surface area contributed by atoms with E-state index in [0.717, 1.165) is 19.1 Å². The molecule has 1 saturated carbocycles. The van der Waals surface area contributed by atoms with Crippen LogP contribution in [0.2, 0.25) is 0 Å². The average Bonchev–Trinajstić information content (AvgIpc) is 3.00. The highest BCUT2D eigenvalue weighted by Gasteiger charge is 2.32. The van der Waals surface area contributed by atoms with Crippen LogP contribution in [0.25, 0.3) is 0 Å². The summed E-state index contributed by atoms with van der Waals surface area (Å²) in [4.78, 5) is 26.2. The van der Waals surface area contributed by atoms with E-state index in [9.17, 15) is 23.1 Å². The molecule has 4 rings (SSSR count). The van der Waals surface area contributed by atoms with Gasteiger partial charge in [-0.05, 0) is 67.7 Å². The Morgan fingerprint density at radius 3 is 2.41 bits per heavy atom. The molecule has 2 fully saturated rings. The summed E-state index contributed by atoms with van der Waals surface area (Å²) in [6.45, 7) is 7.20. The largest absolute Gasteiger partial charge is 0.494 e. The molecule has 4 N–H and O–H groups in total. The molecule has 46 heavy (non-hydrogen) atoms. The highest BCUT2D eigenvalue weighted by molar-refractivity contribution is 7.92. The van der Waals surface area contributed by atoms with Crippen LogP contribution in [0.1, 0.15) is 58.4 Å². The number of hydrogen-bond donors (Lipinski definition) is 4. The molecule has 13 heteroatoms. The van der Waals surface area contributed by atoms with Gasteiger partial charge in [-0.3, -0.25) is 14.3 Å². The SMILES string of the molecule is COc1cc(NCc2c(F)ccc(NS(C)(=O)=O)c2N2CCC(C(=O)O)CC2)ccc1NC(=O)COC1CC(C)CCC1C(C)C. The van der Waals surface area contributed by atoms with E-state index >= 15 is 4.39 Å². The normalized spacial score (nSPS) is 20.8. The Morgan fingerprint density at radius 1 is 1.09 bits per heavy atom. The maximum absolute atomic E-state index is 15.4. The number of aliphatic carboxylic acids is 1. The number of halogens is 1. The van der Waals surface area contributed by atoms with Crippen molar-refractivity contribution in [3.63, 3.8) is 0 Å². The lowest BCUT2D eigenvalue weighted by atomic mass is 9.75. The number of carbonyl (C=O) groups excluding carboxylic acids is 1. The third-order valence-electron chi connectivity index (χ3n) is 9.02. The first-order valence-corrected chi connectivity index (χ1v) is 17.7. The first kappa shape index (κ1) is 35.3. The van der Waals surface area contributed by atoms with Gasteiger partial charge in [0.15, 0.2) is 0 Å². The molecule has 0 aromatic heterocycles. The van der Waals surface area contributed by atoms with Crippen molar-refractivity contribution < 1.29 is 37.0 Å². The van der Waals surface area contributed by atoms with E-state index in [1.54, 1.807) is 18.2 Å². The molecule has 0 spiro atoms. The molecular weight excluding hydrogens is 615 g/mol. The molecule has 1 saturated heterocycles. The van der Waals surface area contributed by atoms with E-state index in [4.69, 9.17) is 9.47 Å². The van der Waals surface area contributed by atoms with Crippen molar-refractivity contribution in [1.29, 1.82) is 0 Å². The quantitative estimate of drug-likeness (QED) is 0.217. The van der Waals surface area contributed by atoms with Crippen LogP contribution < -0.4 is 25.0 Å². The standard InChI is InChI=1S/C33H47FN4O7S/c1-20(2)24-8-6-21(3)16-29(24)45-19-31(39)36-27-10-7-23(17-30(27)44-4)35-18-25-26(34)9-11-28(37-46(5,42)43)32(25)38-14-12-22(13-15-38)33(40)41/h7,9-11,17,20-22,24,29,35,37H,6,8,12-16,18-19H2,1-5H3,(H,36,39)(H,40,41). The minimum atomic E-state index is -3.68. The monoisotopic (exact) mass is 662 g/mol. The van der Waals surface area contributed by atoms with Gasteiger partial charge in [-0.25, -0.2) is 12.8 Å². The van der Waals surface area contributed by atoms with Gasteiger partial charge in [-0.15, -0.1) is 0 Å². The molecule has 254 valence electrons. The van der Waals surface area contributed by atoms with Crippen molar-refractivity contribution >= 4 is 44.6 Å². The zero-order valence-corrected chi connectivity index (χ0v) is 28.1. The Labute approximate surface area is 271 Å². The lowest BCUT2D eigenvalue weighted by molar-refractivity contribution is -0.142. The minimum absolute atomic E-state index is 0.00115. The van der Waals surface area contributed by atoms with Gasteiger partial charge in [0.1, 0.15) is 18.2 Å². The van der Waals surface area contributed by atoms with Crippen LogP contribution in [0.3, 0.4) is 0 Å². The van der Waals surface area contributed by atoms with E-state index in [0.29, 0.717) is 66.5 Å². The number of carbonyl (C=O) groups is 2. The highest BCUT2D eigenvalue weighted by atomic mass is 32.2. The summed E-state index contributed by atoms with van der Waals surface area (Å²) >= 11 is 0. The van der Waals surface area contributed by atoms with Crippen LogP contribution in [0.4, 0.5) is 27.1 Å². The van der Waals surface area contributed by atoms with Gasteiger partial charge in [0, 0.05) is 37.0 Å². The van der Waals surface area contributed by atoms with Crippen LogP contribution in [0, 0.1) is 29.5 Å². The summed E-state index contributed by atoms with van der Waals surface area (Å²) in [5, 5.41) is 15.5. The summed E-state index contributed by atoms with van der Waals surface area (Å²) in [6.07, 6.45) is 4.98. The van der Waals surface area contributed by atoms with E-state index < -0.39 is 27.7 Å². The lowest BCUT2D eigenvalue weighted by Gasteiger charge is -2.37. The third-order valence-corrected chi connectivity index (χ3v) is 9.61. The fourth-order valence-corrected chi connectivity index (χ4v) is 7.11. The Balaban J connectivity index is 1.47. The van der Waals surface area contributed by atoms with Crippen LogP contribution in [0.5, 0.6) is 5.75 Å². The smallest absolute Gasteiger partial charge is 0.306 e. The van der Waals surface area contributed by atoms with E-state index in [1.165, 1.54) is 25.7 Å². The second-order valence-corrected chi connectivity index (χ2v) is 14.6. The summed E-state index contributed by atoms with van der Waals surface area (Å²) in [5.41, 5.74) is 1.86. The molecule has 0 bridgehead atoms. The Hall–Kier alpha value is -3.58. The molecule has 3 unspecified atom stereocenters. The predicted molar refractivity (Wildman–Crippen MR) is 177 cm³/mol. The van der Waals surface area contributed by atoms with Crippen LogP contribution >= 0.6 is 0 Å². The molecule has 0 radical (unpaired) electrons. The zero-order valence-electron chi connectivity index (χ0n) is 27.3. The van der Waals surface area contributed by atoms with Crippen molar-refractivity contribution in [2.45, 2.75) is 65.5 Å². The molecule has 1 heterocycles. The number of amides is 1. The van der Waals surface area contributed by atoms with Crippen LogP contribution in [-0.4, -0.2) is 64.6 Å². The minimum Gasteiger partial charge on any atom is -0.494 e. The van der Waals surface area contributed by atoms with Gasteiger partial charge in [-0.1, -0.05) is 27.2 Å². The number of piperidine rings is 1. The number of hydrogen-bond acceptors (Lipinski definition) is 8.